The van der Waals surface area contributed by atoms with Gasteiger partial charge in [0.15, 0.2) is 0 Å². The van der Waals surface area contributed by atoms with Crippen LogP contribution in [0.15, 0.2) is 84.0 Å². The summed E-state index contributed by atoms with van der Waals surface area (Å²) in [5.74, 6) is 0.352. The van der Waals surface area contributed by atoms with Crippen molar-refractivity contribution in [1.82, 2.24) is 0 Å². The van der Waals surface area contributed by atoms with Gasteiger partial charge in [-0.1, -0.05) is 115 Å². The van der Waals surface area contributed by atoms with Gasteiger partial charge in [-0.25, -0.2) is 5.57 Å². The zero-order valence-corrected chi connectivity index (χ0v) is 34.4. The molecule has 3 aliphatic rings. The SMILES string of the molecule is CC1=CC(C)(C)c2cc3[cH-]c4cc5c(cc4c3cc21)C(C)=CC5(C)C.CCC1=[C-]C(C)C=C1C(C)(C)C.Fc1ccc([CH]=[Zr+2])cc1.[Cl-].[Cl-]. The molecule has 0 saturated heterocycles. The number of rotatable bonds is 2. The molecule has 0 spiro atoms. The van der Waals surface area contributed by atoms with Crippen molar-refractivity contribution >= 4 is 36.4 Å². The van der Waals surface area contributed by atoms with Crippen molar-refractivity contribution in [3.8, 4) is 0 Å². The van der Waals surface area contributed by atoms with Crippen LogP contribution in [0.4, 0.5) is 4.39 Å². The van der Waals surface area contributed by atoms with E-state index in [4.69, 9.17) is 0 Å². The Labute approximate surface area is 316 Å². The molecular formula is C44H49Cl2FZr-2. The fourth-order valence-electron chi connectivity index (χ4n) is 7.52. The van der Waals surface area contributed by atoms with Crippen LogP contribution in [0.25, 0.3) is 32.7 Å². The number of halogens is 3. The van der Waals surface area contributed by atoms with E-state index in [2.05, 4.69) is 131 Å². The summed E-state index contributed by atoms with van der Waals surface area (Å²) in [5.41, 5.74) is 13.2. The van der Waals surface area contributed by atoms with Crippen LogP contribution >= 0.6 is 0 Å². The molecule has 48 heavy (non-hydrogen) atoms. The third-order valence-corrected chi connectivity index (χ3v) is 10.5. The van der Waals surface area contributed by atoms with Crippen LogP contribution in [0.5, 0.6) is 0 Å². The summed E-state index contributed by atoms with van der Waals surface area (Å²) in [6.45, 7) is 25.0. The largest absolute Gasteiger partial charge is 1.00 e. The second-order valence-corrected chi connectivity index (χ2v) is 16.2. The van der Waals surface area contributed by atoms with E-state index >= 15 is 0 Å². The maximum absolute atomic E-state index is 12.2. The van der Waals surface area contributed by atoms with Crippen molar-refractivity contribution in [2.24, 2.45) is 11.3 Å². The monoisotopic (exact) mass is 756 g/mol. The van der Waals surface area contributed by atoms with Crippen LogP contribution in [0, 0.1) is 23.2 Å². The summed E-state index contributed by atoms with van der Waals surface area (Å²) < 4.78 is 14.2. The summed E-state index contributed by atoms with van der Waals surface area (Å²) in [5, 5.41) is 5.57. The first-order valence-electron chi connectivity index (χ1n) is 16.7. The van der Waals surface area contributed by atoms with Gasteiger partial charge in [0.1, 0.15) is 0 Å². The standard InChI is InChI=1S/C25H25.C12H19.C7H5F.2ClH.Zr/c1-14-12-24(3,4)22-8-16-7-17-9-23-19(15(2)13-25(23,5)6)11-21(17)20(16)10-18(14)22;1-6-10-7-9(2)8-11(10)12(3,4)5;1-6-2-4-7(8)5-3-6;;;/h7-13H,1-6H3;8-9H,6H2,1-5H3;1-5H;2*1H;/q2*-1;;;;+2/p-2. The molecular weight excluding hydrogens is 710 g/mol. The van der Waals surface area contributed by atoms with Crippen LogP contribution in [0.1, 0.15) is 110 Å². The van der Waals surface area contributed by atoms with Crippen molar-refractivity contribution in [1.29, 1.82) is 0 Å². The van der Waals surface area contributed by atoms with Crippen LogP contribution < -0.4 is 24.8 Å². The van der Waals surface area contributed by atoms with Gasteiger partial charge in [-0.15, -0.1) is 39.7 Å². The molecule has 4 aromatic carbocycles. The molecule has 0 radical (unpaired) electrons. The Kier molecular flexibility index (Phi) is 12.5. The fourth-order valence-corrected chi connectivity index (χ4v) is 7.99. The van der Waals surface area contributed by atoms with Gasteiger partial charge in [-0.05, 0) is 36.1 Å². The van der Waals surface area contributed by atoms with Gasteiger partial charge in [0, 0.05) is 10.8 Å². The molecule has 252 valence electrons. The molecule has 3 aliphatic carbocycles. The molecule has 1 unspecified atom stereocenters. The Bertz CT molecular complexity index is 1860. The predicted molar refractivity (Wildman–Crippen MR) is 196 cm³/mol. The molecule has 7 rings (SSSR count). The van der Waals surface area contributed by atoms with Gasteiger partial charge in [-0.3, -0.25) is 6.08 Å². The van der Waals surface area contributed by atoms with E-state index in [-0.39, 0.29) is 41.5 Å². The van der Waals surface area contributed by atoms with Crippen LogP contribution in [0.2, 0.25) is 0 Å². The Morgan fingerprint density at radius 2 is 1.29 bits per heavy atom. The number of allylic oxidation sites excluding steroid dienone is 8. The molecule has 0 aliphatic heterocycles. The van der Waals surface area contributed by atoms with E-state index in [0.29, 0.717) is 11.3 Å². The van der Waals surface area contributed by atoms with E-state index in [0.717, 1.165) is 12.0 Å². The molecule has 0 heterocycles. The van der Waals surface area contributed by atoms with E-state index in [1.807, 2.05) is 3.71 Å². The molecule has 0 amide bonds. The van der Waals surface area contributed by atoms with Crippen molar-refractivity contribution in [2.75, 3.05) is 0 Å². The first-order valence-corrected chi connectivity index (χ1v) is 18.1. The summed E-state index contributed by atoms with van der Waals surface area (Å²) in [4.78, 5) is 0. The third-order valence-electron chi connectivity index (χ3n) is 9.72. The Hall–Kier alpha value is -2.25. The average molecular weight is 759 g/mol. The Morgan fingerprint density at radius 1 is 0.833 bits per heavy atom. The average Bonchev–Trinajstić information content (AvgIpc) is 3.67. The minimum Gasteiger partial charge on any atom is -1.00 e. The van der Waals surface area contributed by atoms with Gasteiger partial charge in [0.05, 0.1) is 0 Å². The summed E-state index contributed by atoms with van der Waals surface area (Å²) >= 11 is 1.34. The normalized spacial score (nSPS) is 18.1. The molecule has 1 atom stereocenters. The van der Waals surface area contributed by atoms with Crippen molar-refractivity contribution < 1.29 is 53.4 Å². The Morgan fingerprint density at radius 3 is 1.67 bits per heavy atom. The van der Waals surface area contributed by atoms with Crippen molar-refractivity contribution in [3.63, 3.8) is 0 Å². The zero-order chi connectivity index (χ0) is 33.8. The number of benzene rings is 3. The zero-order valence-electron chi connectivity index (χ0n) is 30.4. The van der Waals surface area contributed by atoms with Crippen LogP contribution in [-0.2, 0) is 35.1 Å². The number of hydrogen-bond donors (Lipinski definition) is 0. The molecule has 4 heteroatoms. The molecule has 0 nitrogen and oxygen atoms in total. The number of hydrogen-bond acceptors (Lipinski definition) is 0. The van der Waals surface area contributed by atoms with E-state index in [1.165, 1.54) is 102 Å². The fraction of sp³-hybridized carbons (Fsp3) is 0.364. The quantitative estimate of drug-likeness (QED) is 0.209. The molecule has 0 bridgehead atoms. The Balaban J connectivity index is 0.000000228. The first kappa shape index (κ1) is 40.2. The van der Waals surface area contributed by atoms with Crippen molar-refractivity contribution in [3.05, 3.63) is 124 Å². The van der Waals surface area contributed by atoms with Crippen LogP contribution in [0.3, 0.4) is 0 Å². The summed E-state index contributed by atoms with van der Waals surface area (Å²) in [6, 6.07) is 18.6. The predicted octanol–water partition coefficient (Wildman–Crippen LogP) is 6.38. The van der Waals surface area contributed by atoms with Gasteiger partial charge < -0.3 is 24.8 Å². The minimum atomic E-state index is -0.170. The molecule has 0 N–H and O–H groups in total. The maximum atomic E-state index is 12.2. The van der Waals surface area contributed by atoms with E-state index in [9.17, 15) is 4.39 Å². The van der Waals surface area contributed by atoms with E-state index in [1.54, 1.807) is 12.1 Å². The molecule has 4 aromatic rings. The van der Waals surface area contributed by atoms with Gasteiger partial charge in [0.25, 0.3) is 0 Å². The minimum absolute atomic E-state index is 0. The maximum Gasteiger partial charge on any atom is -1.00 e. The third kappa shape index (κ3) is 8.04. The van der Waals surface area contributed by atoms with Gasteiger partial charge >= 0.3 is 68.0 Å². The smallest absolute Gasteiger partial charge is 1.00 e. The van der Waals surface area contributed by atoms with Gasteiger partial charge in [0.2, 0.25) is 0 Å². The van der Waals surface area contributed by atoms with Crippen LogP contribution in [-0.4, -0.2) is 3.71 Å². The van der Waals surface area contributed by atoms with Crippen molar-refractivity contribution in [2.45, 2.75) is 93.4 Å². The topological polar surface area (TPSA) is 0 Å². The molecule has 0 aromatic heterocycles. The van der Waals surface area contributed by atoms with Gasteiger partial charge in [-0.2, -0.15) is 11.6 Å². The summed E-state index contributed by atoms with van der Waals surface area (Å²) in [6.07, 6.45) is 11.8. The summed E-state index contributed by atoms with van der Waals surface area (Å²) in [7, 11) is 0. The number of fused-ring (bicyclic) bond motifs is 5. The van der Waals surface area contributed by atoms with E-state index < -0.39 is 0 Å². The second-order valence-electron chi connectivity index (χ2n) is 15.5. The first-order chi connectivity index (χ1) is 21.4. The second kappa shape index (κ2) is 14.9. The molecule has 0 saturated carbocycles. The molecule has 0 fully saturated rings.